The van der Waals surface area contributed by atoms with Crippen LogP contribution in [0.1, 0.15) is 26.7 Å². The van der Waals surface area contributed by atoms with E-state index in [9.17, 15) is 9.59 Å². The first-order chi connectivity index (χ1) is 7.49. The summed E-state index contributed by atoms with van der Waals surface area (Å²) in [4.78, 5) is 24.2. The van der Waals surface area contributed by atoms with Crippen LogP contribution in [0, 0.1) is 5.92 Å². The molecule has 5 nitrogen and oxygen atoms in total. The Balaban J connectivity index is 2.68. The molecule has 1 heterocycles. The standard InChI is InChI=1S/C11H19NO4/c1-4-8(11(14)15)12(3)10(13)9-7(2)5-6-16-9/h7-9H,4-6H2,1-3H3,(H,14,15). The molecule has 0 radical (unpaired) electrons. The molecule has 0 spiro atoms. The number of likely N-dealkylation sites (N-methyl/N-ethyl adjacent to an activating group) is 1. The van der Waals surface area contributed by atoms with Gasteiger partial charge in [0.15, 0.2) is 0 Å². The van der Waals surface area contributed by atoms with Crippen molar-refractivity contribution >= 4 is 11.9 Å². The number of amides is 1. The second-order valence-corrected chi connectivity index (χ2v) is 4.27. The van der Waals surface area contributed by atoms with E-state index in [-0.39, 0.29) is 11.8 Å². The van der Waals surface area contributed by atoms with Crippen molar-refractivity contribution in [2.75, 3.05) is 13.7 Å². The normalized spacial score (nSPS) is 26.4. The number of nitrogens with zero attached hydrogens (tertiary/aromatic N) is 1. The molecule has 1 rings (SSSR count). The van der Waals surface area contributed by atoms with E-state index in [1.54, 1.807) is 6.92 Å². The molecule has 0 aromatic carbocycles. The maximum atomic E-state index is 12.0. The van der Waals surface area contributed by atoms with Gasteiger partial charge in [-0.05, 0) is 18.8 Å². The molecule has 0 saturated carbocycles. The summed E-state index contributed by atoms with van der Waals surface area (Å²) < 4.78 is 5.34. The average Bonchev–Trinajstić information content (AvgIpc) is 2.63. The third kappa shape index (κ3) is 2.52. The molecule has 92 valence electrons. The molecule has 1 aliphatic rings. The average molecular weight is 229 g/mol. The Bertz CT molecular complexity index is 279. The zero-order valence-electron chi connectivity index (χ0n) is 9.97. The van der Waals surface area contributed by atoms with E-state index in [0.717, 1.165) is 6.42 Å². The summed E-state index contributed by atoms with van der Waals surface area (Å²) in [5.41, 5.74) is 0. The first-order valence-corrected chi connectivity index (χ1v) is 5.60. The number of ether oxygens (including phenoxy) is 1. The fourth-order valence-electron chi connectivity index (χ4n) is 1.98. The molecule has 5 heteroatoms. The van der Waals surface area contributed by atoms with Crippen LogP contribution in [0.3, 0.4) is 0 Å². The van der Waals surface area contributed by atoms with Gasteiger partial charge in [0.2, 0.25) is 0 Å². The highest BCUT2D eigenvalue weighted by atomic mass is 16.5. The van der Waals surface area contributed by atoms with Gasteiger partial charge in [-0.25, -0.2) is 4.79 Å². The highest BCUT2D eigenvalue weighted by Crippen LogP contribution is 2.22. The third-order valence-corrected chi connectivity index (χ3v) is 3.12. The summed E-state index contributed by atoms with van der Waals surface area (Å²) in [5.74, 6) is -1.02. The summed E-state index contributed by atoms with van der Waals surface area (Å²) in [6.07, 6.45) is 0.783. The Labute approximate surface area is 95.4 Å². The second kappa shape index (κ2) is 5.30. The van der Waals surface area contributed by atoms with Crippen molar-refractivity contribution < 1.29 is 19.4 Å². The Kier molecular flexibility index (Phi) is 4.29. The van der Waals surface area contributed by atoms with Gasteiger partial charge in [-0.15, -0.1) is 0 Å². The van der Waals surface area contributed by atoms with E-state index >= 15 is 0 Å². The zero-order valence-corrected chi connectivity index (χ0v) is 9.97. The van der Waals surface area contributed by atoms with Gasteiger partial charge in [-0.2, -0.15) is 0 Å². The Morgan fingerprint density at radius 3 is 2.56 bits per heavy atom. The van der Waals surface area contributed by atoms with E-state index in [1.165, 1.54) is 11.9 Å². The monoisotopic (exact) mass is 229 g/mol. The summed E-state index contributed by atoms with van der Waals surface area (Å²) in [7, 11) is 1.53. The van der Waals surface area contributed by atoms with Crippen LogP contribution in [0.15, 0.2) is 0 Å². The molecule has 1 amide bonds. The van der Waals surface area contributed by atoms with Gasteiger partial charge in [0.1, 0.15) is 12.1 Å². The molecule has 16 heavy (non-hydrogen) atoms. The highest BCUT2D eigenvalue weighted by Gasteiger charge is 2.36. The Hall–Kier alpha value is -1.10. The van der Waals surface area contributed by atoms with Crippen LogP contribution >= 0.6 is 0 Å². The lowest BCUT2D eigenvalue weighted by Crippen LogP contribution is -2.47. The molecule has 0 bridgehead atoms. The second-order valence-electron chi connectivity index (χ2n) is 4.27. The van der Waals surface area contributed by atoms with Crippen molar-refractivity contribution in [2.24, 2.45) is 5.92 Å². The Morgan fingerprint density at radius 1 is 1.56 bits per heavy atom. The van der Waals surface area contributed by atoms with Crippen molar-refractivity contribution in [3.63, 3.8) is 0 Å². The molecular formula is C11H19NO4. The highest BCUT2D eigenvalue weighted by molar-refractivity contribution is 5.86. The van der Waals surface area contributed by atoms with E-state index in [0.29, 0.717) is 13.0 Å². The van der Waals surface area contributed by atoms with Crippen LogP contribution in [0.5, 0.6) is 0 Å². The van der Waals surface area contributed by atoms with Crippen LogP contribution in [-0.4, -0.2) is 47.7 Å². The molecule has 1 fully saturated rings. The molecule has 0 aromatic heterocycles. The van der Waals surface area contributed by atoms with Crippen LogP contribution in [0.4, 0.5) is 0 Å². The minimum atomic E-state index is -0.969. The summed E-state index contributed by atoms with van der Waals surface area (Å²) in [5, 5.41) is 8.97. The lowest BCUT2D eigenvalue weighted by atomic mass is 10.0. The van der Waals surface area contributed by atoms with Gasteiger partial charge in [-0.3, -0.25) is 4.79 Å². The van der Waals surface area contributed by atoms with Crippen LogP contribution in [0.2, 0.25) is 0 Å². The van der Waals surface area contributed by atoms with E-state index in [2.05, 4.69) is 0 Å². The number of carboxylic acids is 1. The maximum Gasteiger partial charge on any atom is 0.326 e. The Morgan fingerprint density at radius 2 is 2.19 bits per heavy atom. The first kappa shape index (κ1) is 13.0. The van der Waals surface area contributed by atoms with Crippen LogP contribution in [-0.2, 0) is 14.3 Å². The molecule has 3 unspecified atom stereocenters. The number of hydrogen-bond donors (Lipinski definition) is 1. The molecule has 3 atom stereocenters. The van der Waals surface area contributed by atoms with E-state index in [4.69, 9.17) is 9.84 Å². The summed E-state index contributed by atoms with van der Waals surface area (Å²) in [6.45, 7) is 4.28. The predicted octanol–water partition coefficient (Wildman–Crippen LogP) is 0.733. The molecule has 0 aromatic rings. The van der Waals surface area contributed by atoms with Gasteiger partial charge in [-0.1, -0.05) is 13.8 Å². The third-order valence-electron chi connectivity index (χ3n) is 3.12. The first-order valence-electron chi connectivity index (χ1n) is 5.60. The quantitative estimate of drug-likeness (QED) is 0.771. The number of hydrogen-bond acceptors (Lipinski definition) is 3. The zero-order chi connectivity index (χ0) is 12.3. The SMILES string of the molecule is CCC(C(=O)O)N(C)C(=O)C1OCCC1C. The smallest absolute Gasteiger partial charge is 0.326 e. The summed E-state index contributed by atoms with van der Waals surface area (Å²) in [6, 6.07) is -0.760. The molecule has 1 N–H and O–H groups in total. The van der Waals surface area contributed by atoms with E-state index in [1.807, 2.05) is 6.92 Å². The lowest BCUT2D eigenvalue weighted by molar-refractivity contribution is -0.154. The fourth-order valence-corrected chi connectivity index (χ4v) is 1.98. The van der Waals surface area contributed by atoms with Gasteiger partial charge in [0.05, 0.1) is 0 Å². The van der Waals surface area contributed by atoms with Crippen molar-refractivity contribution in [1.29, 1.82) is 0 Å². The fraction of sp³-hybridized carbons (Fsp3) is 0.818. The minimum Gasteiger partial charge on any atom is -0.480 e. The van der Waals surface area contributed by atoms with E-state index < -0.39 is 18.1 Å². The van der Waals surface area contributed by atoms with Crippen LogP contribution < -0.4 is 0 Å². The number of carboxylic acid groups (broad SMARTS) is 1. The van der Waals surface area contributed by atoms with Crippen molar-refractivity contribution in [1.82, 2.24) is 4.90 Å². The lowest BCUT2D eigenvalue weighted by Gasteiger charge is -2.27. The molecule has 1 aliphatic heterocycles. The maximum absolute atomic E-state index is 12.0. The number of aliphatic carboxylic acids is 1. The van der Waals surface area contributed by atoms with Gasteiger partial charge in [0, 0.05) is 13.7 Å². The number of carbonyl (C=O) groups is 2. The molecular weight excluding hydrogens is 210 g/mol. The predicted molar refractivity (Wildman–Crippen MR) is 58.0 cm³/mol. The van der Waals surface area contributed by atoms with Crippen molar-refractivity contribution in [3.05, 3.63) is 0 Å². The minimum absolute atomic E-state index is 0.168. The summed E-state index contributed by atoms with van der Waals surface area (Å²) >= 11 is 0. The topological polar surface area (TPSA) is 66.8 Å². The van der Waals surface area contributed by atoms with Gasteiger partial charge >= 0.3 is 5.97 Å². The molecule has 1 saturated heterocycles. The largest absolute Gasteiger partial charge is 0.480 e. The van der Waals surface area contributed by atoms with Crippen LogP contribution in [0.25, 0.3) is 0 Å². The van der Waals surface area contributed by atoms with Gasteiger partial charge in [0.25, 0.3) is 5.91 Å². The molecule has 0 aliphatic carbocycles. The number of carbonyl (C=O) groups excluding carboxylic acids is 1. The van der Waals surface area contributed by atoms with Crippen molar-refractivity contribution in [3.8, 4) is 0 Å². The van der Waals surface area contributed by atoms with Gasteiger partial charge < -0.3 is 14.7 Å². The van der Waals surface area contributed by atoms with Crippen molar-refractivity contribution in [2.45, 2.75) is 38.8 Å². The number of rotatable bonds is 4.